The molecule has 1 N–H and O–H groups in total. The second-order valence-corrected chi connectivity index (χ2v) is 5.78. The molecule has 1 aromatic heterocycles. The van der Waals surface area contributed by atoms with E-state index in [1.54, 1.807) is 6.07 Å². The van der Waals surface area contributed by atoms with Crippen molar-refractivity contribution in [3.8, 4) is 0 Å². The van der Waals surface area contributed by atoms with Crippen molar-refractivity contribution in [1.82, 2.24) is 4.98 Å². The summed E-state index contributed by atoms with van der Waals surface area (Å²) in [6.07, 6.45) is 4.12. The Hall–Kier alpha value is -1.74. The zero-order chi connectivity index (χ0) is 14.2. The normalized spacial score (nSPS) is 18.1. The van der Waals surface area contributed by atoms with Gasteiger partial charge in [0.15, 0.2) is 5.78 Å². The van der Waals surface area contributed by atoms with Gasteiger partial charge in [0.25, 0.3) is 0 Å². The number of nitrogens with zero attached hydrogens (tertiary/aromatic N) is 1. The van der Waals surface area contributed by atoms with Crippen molar-refractivity contribution in [3.05, 3.63) is 41.6 Å². The number of Topliss-reactive ketones (excluding diaryl/α,β-unsaturated/α-hetero) is 1. The number of ketones is 1. The van der Waals surface area contributed by atoms with Gasteiger partial charge >= 0.3 is 0 Å². The number of hydrogen-bond acceptors (Lipinski definition) is 3. The standard InChI is InChI=1S/C17H19NO2/c1-12-5-6-13-11-14(7-8-15(13)18-12)16(19)17(20)9-3-2-4-10-17/h5-8,11,20H,2-4,9-10H2,1H3. The van der Waals surface area contributed by atoms with E-state index in [1.807, 2.05) is 31.2 Å². The van der Waals surface area contributed by atoms with Crippen LogP contribution in [0, 0.1) is 6.92 Å². The number of hydrogen-bond donors (Lipinski definition) is 1. The summed E-state index contributed by atoms with van der Waals surface area (Å²) >= 11 is 0. The maximum atomic E-state index is 12.6. The van der Waals surface area contributed by atoms with Crippen LogP contribution in [0.25, 0.3) is 10.9 Å². The van der Waals surface area contributed by atoms with Gasteiger partial charge in [-0.3, -0.25) is 9.78 Å². The van der Waals surface area contributed by atoms with Crippen LogP contribution < -0.4 is 0 Å². The van der Waals surface area contributed by atoms with Crippen molar-refractivity contribution in [2.75, 3.05) is 0 Å². The Morgan fingerprint density at radius 2 is 1.90 bits per heavy atom. The van der Waals surface area contributed by atoms with E-state index in [2.05, 4.69) is 4.98 Å². The molecule has 104 valence electrons. The van der Waals surface area contributed by atoms with E-state index in [9.17, 15) is 9.90 Å². The summed E-state index contributed by atoms with van der Waals surface area (Å²) in [5.41, 5.74) is 1.27. The van der Waals surface area contributed by atoms with E-state index in [0.717, 1.165) is 35.9 Å². The molecule has 3 heteroatoms. The Bertz CT molecular complexity index is 657. The number of aryl methyl sites for hydroxylation is 1. The molecule has 0 aliphatic heterocycles. The van der Waals surface area contributed by atoms with Crippen LogP contribution in [0.4, 0.5) is 0 Å². The van der Waals surface area contributed by atoms with Gasteiger partial charge in [-0.05, 0) is 44.0 Å². The van der Waals surface area contributed by atoms with Crippen LogP contribution in [-0.4, -0.2) is 21.5 Å². The fourth-order valence-electron chi connectivity index (χ4n) is 3.00. The van der Waals surface area contributed by atoms with Crippen molar-refractivity contribution >= 4 is 16.7 Å². The number of benzene rings is 1. The predicted molar refractivity (Wildman–Crippen MR) is 78.8 cm³/mol. The van der Waals surface area contributed by atoms with Crippen molar-refractivity contribution in [1.29, 1.82) is 0 Å². The first-order chi connectivity index (χ1) is 9.58. The summed E-state index contributed by atoms with van der Waals surface area (Å²) < 4.78 is 0. The monoisotopic (exact) mass is 269 g/mol. The van der Waals surface area contributed by atoms with E-state index >= 15 is 0 Å². The van der Waals surface area contributed by atoms with Crippen LogP contribution in [0.1, 0.15) is 48.2 Å². The summed E-state index contributed by atoms with van der Waals surface area (Å²) in [6, 6.07) is 9.40. The van der Waals surface area contributed by atoms with Crippen molar-refractivity contribution in [2.45, 2.75) is 44.6 Å². The van der Waals surface area contributed by atoms with Crippen LogP contribution in [0.2, 0.25) is 0 Å². The van der Waals surface area contributed by atoms with Crippen LogP contribution in [0.15, 0.2) is 30.3 Å². The minimum Gasteiger partial charge on any atom is -0.382 e. The molecular weight excluding hydrogens is 250 g/mol. The number of carbonyl (C=O) groups is 1. The lowest BCUT2D eigenvalue weighted by atomic mass is 9.79. The zero-order valence-corrected chi connectivity index (χ0v) is 11.7. The van der Waals surface area contributed by atoms with E-state index in [4.69, 9.17) is 0 Å². The van der Waals surface area contributed by atoms with Gasteiger partial charge in [0.1, 0.15) is 5.60 Å². The average molecular weight is 269 g/mol. The fraction of sp³-hybridized carbons (Fsp3) is 0.412. The van der Waals surface area contributed by atoms with Crippen molar-refractivity contribution in [3.63, 3.8) is 0 Å². The summed E-state index contributed by atoms with van der Waals surface area (Å²) in [4.78, 5) is 17.0. The highest BCUT2D eigenvalue weighted by Crippen LogP contribution is 2.31. The highest BCUT2D eigenvalue weighted by molar-refractivity contribution is 6.04. The quantitative estimate of drug-likeness (QED) is 0.850. The number of carbonyl (C=O) groups excluding carboxylic acids is 1. The molecule has 20 heavy (non-hydrogen) atoms. The molecule has 0 atom stereocenters. The lowest BCUT2D eigenvalue weighted by Crippen LogP contribution is -2.40. The molecule has 0 bridgehead atoms. The first-order valence-electron chi connectivity index (χ1n) is 7.23. The third-order valence-electron chi connectivity index (χ3n) is 4.19. The average Bonchev–Trinajstić information content (AvgIpc) is 2.46. The Labute approximate surface area is 118 Å². The van der Waals surface area contributed by atoms with E-state index in [0.29, 0.717) is 18.4 Å². The molecule has 3 rings (SSSR count). The molecule has 2 aromatic rings. The smallest absolute Gasteiger partial charge is 0.194 e. The molecule has 0 saturated heterocycles. The Morgan fingerprint density at radius 1 is 1.15 bits per heavy atom. The Kier molecular flexibility index (Phi) is 3.30. The van der Waals surface area contributed by atoms with E-state index < -0.39 is 5.60 Å². The zero-order valence-electron chi connectivity index (χ0n) is 11.7. The second kappa shape index (κ2) is 4.98. The van der Waals surface area contributed by atoms with Gasteiger partial charge in [0.2, 0.25) is 0 Å². The third kappa shape index (κ3) is 2.34. The van der Waals surface area contributed by atoms with Gasteiger partial charge in [-0.15, -0.1) is 0 Å². The molecular formula is C17H19NO2. The summed E-state index contributed by atoms with van der Waals surface area (Å²) in [5, 5.41) is 11.5. The lowest BCUT2D eigenvalue weighted by Gasteiger charge is -2.30. The summed E-state index contributed by atoms with van der Waals surface area (Å²) in [6.45, 7) is 1.95. The summed E-state index contributed by atoms with van der Waals surface area (Å²) in [7, 11) is 0. The Balaban J connectivity index is 1.97. The molecule has 0 amide bonds. The number of aliphatic hydroxyl groups is 1. The topological polar surface area (TPSA) is 50.2 Å². The molecule has 0 spiro atoms. The third-order valence-corrected chi connectivity index (χ3v) is 4.19. The van der Waals surface area contributed by atoms with Crippen LogP contribution in [-0.2, 0) is 0 Å². The molecule has 1 heterocycles. The summed E-state index contributed by atoms with van der Waals surface area (Å²) in [5.74, 6) is -0.139. The number of rotatable bonds is 2. The first kappa shape index (κ1) is 13.3. The first-order valence-corrected chi connectivity index (χ1v) is 7.23. The van der Waals surface area contributed by atoms with Crippen molar-refractivity contribution in [2.24, 2.45) is 0 Å². The minimum atomic E-state index is -1.16. The highest BCUT2D eigenvalue weighted by Gasteiger charge is 2.37. The predicted octanol–water partition coefficient (Wildman–Crippen LogP) is 3.42. The Morgan fingerprint density at radius 3 is 2.65 bits per heavy atom. The van der Waals surface area contributed by atoms with Crippen LogP contribution in [0.5, 0.6) is 0 Å². The largest absolute Gasteiger partial charge is 0.382 e. The van der Waals surface area contributed by atoms with Gasteiger partial charge in [0, 0.05) is 16.6 Å². The molecule has 0 radical (unpaired) electrons. The SMILES string of the molecule is Cc1ccc2cc(C(=O)C3(O)CCCCC3)ccc2n1. The van der Waals surface area contributed by atoms with Gasteiger partial charge in [0.05, 0.1) is 5.52 Å². The number of pyridine rings is 1. The minimum absolute atomic E-state index is 0.139. The molecule has 1 saturated carbocycles. The van der Waals surface area contributed by atoms with Crippen molar-refractivity contribution < 1.29 is 9.90 Å². The van der Waals surface area contributed by atoms with E-state index in [1.165, 1.54) is 0 Å². The second-order valence-electron chi connectivity index (χ2n) is 5.78. The van der Waals surface area contributed by atoms with Gasteiger partial charge < -0.3 is 5.11 Å². The number of fused-ring (bicyclic) bond motifs is 1. The van der Waals surface area contributed by atoms with E-state index in [-0.39, 0.29) is 5.78 Å². The highest BCUT2D eigenvalue weighted by atomic mass is 16.3. The molecule has 1 fully saturated rings. The molecule has 1 aromatic carbocycles. The fourth-order valence-corrected chi connectivity index (χ4v) is 3.00. The number of aromatic nitrogens is 1. The molecule has 0 unspecified atom stereocenters. The van der Waals surface area contributed by atoms with Crippen LogP contribution >= 0.6 is 0 Å². The van der Waals surface area contributed by atoms with Gasteiger partial charge in [-0.1, -0.05) is 25.3 Å². The maximum absolute atomic E-state index is 12.6. The van der Waals surface area contributed by atoms with Crippen LogP contribution in [0.3, 0.4) is 0 Å². The van der Waals surface area contributed by atoms with Gasteiger partial charge in [-0.2, -0.15) is 0 Å². The molecule has 1 aliphatic rings. The molecule has 3 nitrogen and oxygen atoms in total. The maximum Gasteiger partial charge on any atom is 0.194 e. The van der Waals surface area contributed by atoms with Gasteiger partial charge in [-0.25, -0.2) is 0 Å². The molecule has 1 aliphatic carbocycles. The lowest BCUT2D eigenvalue weighted by molar-refractivity contribution is 0.0116.